The second kappa shape index (κ2) is 7.72. The first-order chi connectivity index (χ1) is 13.3. The van der Waals surface area contributed by atoms with Gasteiger partial charge in [0.25, 0.3) is 0 Å². The van der Waals surface area contributed by atoms with E-state index in [1.165, 1.54) is 0 Å². The predicted octanol–water partition coefficient (Wildman–Crippen LogP) is 4.69. The smallest absolute Gasteiger partial charge is 0.412 e. The van der Waals surface area contributed by atoms with E-state index in [1.807, 2.05) is 57.2 Å². The Morgan fingerprint density at radius 2 is 1.89 bits per heavy atom. The topological polar surface area (TPSA) is 85.4 Å². The number of hydrogen-bond donors (Lipinski definition) is 2. The second-order valence-electron chi connectivity index (χ2n) is 7.25. The zero-order chi connectivity index (χ0) is 20.3. The predicted molar refractivity (Wildman–Crippen MR) is 111 cm³/mol. The highest BCUT2D eigenvalue weighted by atomic mass is 16.6. The molecule has 28 heavy (non-hydrogen) atoms. The molecule has 0 radical (unpaired) electrons. The summed E-state index contributed by atoms with van der Waals surface area (Å²) in [5.74, 6) is 1.22. The van der Waals surface area contributed by atoms with E-state index < -0.39 is 11.7 Å². The van der Waals surface area contributed by atoms with Crippen LogP contribution in [0.3, 0.4) is 0 Å². The van der Waals surface area contributed by atoms with Gasteiger partial charge in [-0.2, -0.15) is 0 Å². The van der Waals surface area contributed by atoms with Crippen LogP contribution in [0.4, 0.5) is 16.4 Å². The van der Waals surface area contributed by atoms with E-state index in [0.29, 0.717) is 17.4 Å². The highest BCUT2D eigenvalue weighted by Crippen LogP contribution is 2.33. The van der Waals surface area contributed by atoms with Gasteiger partial charge in [0, 0.05) is 24.2 Å². The molecule has 7 nitrogen and oxygen atoms in total. The number of rotatable bonds is 4. The van der Waals surface area contributed by atoms with Crippen molar-refractivity contribution in [1.29, 1.82) is 0 Å². The molecule has 0 aliphatic heterocycles. The van der Waals surface area contributed by atoms with Crippen LogP contribution in [0.1, 0.15) is 20.8 Å². The Morgan fingerprint density at radius 1 is 1.11 bits per heavy atom. The fourth-order valence-electron chi connectivity index (χ4n) is 2.77. The lowest BCUT2D eigenvalue weighted by atomic mass is 10.0. The largest absolute Gasteiger partial charge is 0.497 e. The molecule has 2 aromatic carbocycles. The molecule has 146 valence electrons. The van der Waals surface area contributed by atoms with Crippen LogP contribution in [0.5, 0.6) is 5.75 Å². The molecule has 0 aliphatic rings. The van der Waals surface area contributed by atoms with Crippen molar-refractivity contribution in [1.82, 2.24) is 9.97 Å². The van der Waals surface area contributed by atoms with Gasteiger partial charge in [-0.3, -0.25) is 5.32 Å². The van der Waals surface area contributed by atoms with Gasteiger partial charge < -0.3 is 14.8 Å². The molecule has 7 heteroatoms. The standard InChI is InChI=1S/C21H24N4O3/c1-21(2,3)28-20(26)25-18-11-14(17-8-9-23-19(22-4)24-17)10-13-6-7-15(27-5)12-16(13)18/h6-12H,1-5H3,(H,25,26)(H,22,23,24). The van der Waals surface area contributed by atoms with Crippen LogP contribution >= 0.6 is 0 Å². The molecule has 3 rings (SSSR count). The average Bonchev–Trinajstić information content (AvgIpc) is 2.66. The van der Waals surface area contributed by atoms with Crippen molar-refractivity contribution in [2.45, 2.75) is 26.4 Å². The lowest BCUT2D eigenvalue weighted by molar-refractivity contribution is 0.0636. The average molecular weight is 380 g/mol. The van der Waals surface area contributed by atoms with Gasteiger partial charge in [-0.15, -0.1) is 0 Å². The number of hydrogen-bond acceptors (Lipinski definition) is 6. The Balaban J connectivity index is 2.10. The summed E-state index contributed by atoms with van der Waals surface area (Å²) in [5.41, 5.74) is 1.61. The Bertz CT molecular complexity index is 1010. The summed E-state index contributed by atoms with van der Waals surface area (Å²) in [7, 11) is 3.37. The van der Waals surface area contributed by atoms with Gasteiger partial charge in [0.15, 0.2) is 0 Å². The molecule has 1 aromatic heterocycles. The lowest BCUT2D eigenvalue weighted by Crippen LogP contribution is -2.27. The van der Waals surface area contributed by atoms with Gasteiger partial charge in [-0.25, -0.2) is 14.8 Å². The van der Waals surface area contributed by atoms with Crippen LogP contribution in [0, 0.1) is 0 Å². The van der Waals surface area contributed by atoms with Crippen molar-refractivity contribution in [2.75, 3.05) is 24.8 Å². The van der Waals surface area contributed by atoms with Crippen LogP contribution in [-0.2, 0) is 4.74 Å². The maximum atomic E-state index is 12.4. The van der Waals surface area contributed by atoms with Crippen LogP contribution in [-0.4, -0.2) is 35.8 Å². The van der Waals surface area contributed by atoms with Crippen LogP contribution in [0.15, 0.2) is 42.6 Å². The summed E-state index contributed by atoms with van der Waals surface area (Å²) in [5, 5.41) is 7.57. The molecular weight excluding hydrogens is 356 g/mol. The third-order valence-corrected chi connectivity index (χ3v) is 3.97. The summed E-state index contributed by atoms with van der Waals surface area (Å²) in [4.78, 5) is 21.0. The van der Waals surface area contributed by atoms with Crippen molar-refractivity contribution in [3.8, 4) is 17.0 Å². The van der Waals surface area contributed by atoms with E-state index in [0.717, 1.165) is 22.0 Å². The number of methoxy groups -OCH3 is 1. The first-order valence-electron chi connectivity index (χ1n) is 8.92. The number of ether oxygens (including phenoxy) is 2. The van der Waals surface area contributed by atoms with E-state index in [2.05, 4.69) is 20.6 Å². The molecular formula is C21H24N4O3. The summed E-state index contributed by atoms with van der Waals surface area (Å²) >= 11 is 0. The quantitative estimate of drug-likeness (QED) is 0.683. The third kappa shape index (κ3) is 4.49. The molecule has 0 bridgehead atoms. The molecule has 1 amide bonds. The van der Waals surface area contributed by atoms with Gasteiger partial charge in [-0.05, 0) is 56.5 Å². The molecule has 0 unspecified atom stereocenters. The maximum absolute atomic E-state index is 12.4. The summed E-state index contributed by atoms with van der Waals surface area (Å²) in [6.45, 7) is 5.47. The maximum Gasteiger partial charge on any atom is 0.412 e. The van der Waals surface area contributed by atoms with E-state index in [1.54, 1.807) is 20.4 Å². The van der Waals surface area contributed by atoms with Crippen molar-refractivity contribution in [2.24, 2.45) is 0 Å². The first kappa shape index (κ1) is 19.4. The molecule has 1 heterocycles. The number of anilines is 2. The zero-order valence-electron chi connectivity index (χ0n) is 16.7. The van der Waals surface area contributed by atoms with Crippen molar-refractivity contribution >= 4 is 28.5 Å². The summed E-state index contributed by atoms with van der Waals surface area (Å²) in [6.07, 6.45) is 1.17. The fraction of sp³-hybridized carbons (Fsp3) is 0.286. The molecule has 0 saturated carbocycles. The Kier molecular flexibility index (Phi) is 5.35. The number of aromatic nitrogens is 2. The molecule has 0 spiro atoms. The van der Waals surface area contributed by atoms with E-state index >= 15 is 0 Å². The molecule has 0 aliphatic carbocycles. The Morgan fingerprint density at radius 3 is 2.57 bits per heavy atom. The number of fused-ring (bicyclic) bond motifs is 1. The molecule has 0 atom stereocenters. The van der Waals surface area contributed by atoms with Gasteiger partial charge in [0.1, 0.15) is 11.4 Å². The van der Waals surface area contributed by atoms with E-state index in [-0.39, 0.29) is 0 Å². The summed E-state index contributed by atoms with van der Waals surface area (Å²) in [6, 6.07) is 11.4. The van der Waals surface area contributed by atoms with E-state index in [4.69, 9.17) is 9.47 Å². The van der Waals surface area contributed by atoms with Crippen molar-refractivity contribution in [3.63, 3.8) is 0 Å². The SMILES string of the molecule is CNc1nccc(-c2cc(NC(=O)OC(C)(C)C)c3cc(OC)ccc3c2)n1. The fourth-order valence-corrected chi connectivity index (χ4v) is 2.77. The molecule has 0 fully saturated rings. The molecule has 2 N–H and O–H groups in total. The van der Waals surface area contributed by atoms with Gasteiger partial charge in [0.05, 0.1) is 18.5 Å². The van der Waals surface area contributed by atoms with E-state index in [9.17, 15) is 4.79 Å². The number of carbonyl (C=O) groups is 1. The first-order valence-corrected chi connectivity index (χ1v) is 8.92. The van der Waals surface area contributed by atoms with Crippen LogP contribution in [0.2, 0.25) is 0 Å². The highest BCUT2D eigenvalue weighted by molar-refractivity contribution is 6.03. The normalized spacial score (nSPS) is 11.2. The monoisotopic (exact) mass is 380 g/mol. The number of carbonyl (C=O) groups excluding carboxylic acids is 1. The highest BCUT2D eigenvalue weighted by Gasteiger charge is 2.18. The minimum absolute atomic E-state index is 0.521. The number of nitrogens with one attached hydrogen (secondary N) is 2. The minimum Gasteiger partial charge on any atom is -0.497 e. The lowest BCUT2D eigenvalue weighted by Gasteiger charge is -2.20. The Hall–Kier alpha value is -3.35. The second-order valence-corrected chi connectivity index (χ2v) is 7.25. The number of amides is 1. The Labute approximate surface area is 164 Å². The van der Waals surface area contributed by atoms with Crippen LogP contribution in [0.25, 0.3) is 22.0 Å². The number of nitrogens with zero attached hydrogens (tertiary/aromatic N) is 2. The number of benzene rings is 2. The van der Waals surface area contributed by atoms with Gasteiger partial charge in [0.2, 0.25) is 5.95 Å². The van der Waals surface area contributed by atoms with Gasteiger partial charge in [-0.1, -0.05) is 6.07 Å². The van der Waals surface area contributed by atoms with Crippen LogP contribution < -0.4 is 15.4 Å². The van der Waals surface area contributed by atoms with Crippen molar-refractivity contribution in [3.05, 3.63) is 42.6 Å². The minimum atomic E-state index is -0.594. The molecule has 0 saturated heterocycles. The molecule has 3 aromatic rings. The van der Waals surface area contributed by atoms with Crippen molar-refractivity contribution < 1.29 is 14.3 Å². The zero-order valence-corrected chi connectivity index (χ0v) is 16.7. The summed E-state index contributed by atoms with van der Waals surface area (Å²) < 4.78 is 10.7. The van der Waals surface area contributed by atoms with Gasteiger partial charge >= 0.3 is 6.09 Å². The third-order valence-electron chi connectivity index (χ3n) is 3.97.